The largest absolute Gasteiger partial charge is 0.573 e. The smallest absolute Gasteiger partial charge is 0.406 e. The highest BCUT2D eigenvalue weighted by Crippen LogP contribution is 2.78. The third-order valence-corrected chi connectivity index (χ3v) is 16.2. The normalized spacial score (nSPS) is 32.4. The number of hydrogen-bond acceptors (Lipinski definition) is 7. The van der Waals surface area contributed by atoms with E-state index in [2.05, 4.69) is 36.8 Å². The molecule has 9 atom stereocenters. The van der Waals surface area contributed by atoms with Crippen LogP contribution in [0.25, 0.3) is 11.1 Å². The highest BCUT2D eigenvalue weighted by atomic mass is 19.4. The van der Waals surface area contributed by atoms with Crippen molar-refractivity contribution in [3.05, 3.63) is 150 Å². The first-order chi connectivity index (χ1) is 30.1. The molecule has 6 aliphatic rings. The van der Waals surface area contributed by atoms with Gasteiger partial charge in [-0.15, -0.1) is 13.2 Å². The topological polar surface area (TPSA) is 99.5 Å². The Hall–Kier alpha value is -4.58. The number of fused-ring (bicyclic) bond motifs is 1. The zero-order valence-electron chi connectivity index (χ0n) is 36.1. The molecule has 3 N–H and O–H groups in total. The number of ether oxygens (including phenoxy) is 2. The number of aliphatic hydroxyl groups is 3. The molecule has 332 valence electrons. The van der Waals surface area contributed by atoms with E-state index >= 15 is 4.79 Å². The third kappa shape index (κ3) is 7.69. The molecule has 0 heterocycles. The second kappa shape index (κ2) is 16.4. The SMILES string of the molecule is C[C@]12CC[C@H]3[C@]4(C=C[C@@]5(C=C4C(=O)c4ccccc4-c4ccccc4)CC(O)CC[C@]35C)[C@@H]1CC[C@@]2(O)CN(Cc1ccc(OC(F)(F)F)cc1)C[C@@H](O)COCc1ccccc1. The molecule has 0 aliphatic heterocycles. The van der Waals surface area contributed by atoms with Crippen molar-refractivity contribution >= 4 is 5.78 Å². The van der Waals surface area contributed by atoms with E-state index in [1.54, 1.807) is 12.1 Å². The van der Waals surface area contributed by atoms with Crippen LogP contribution >= 0.6 is 0 Å². The van der Waals surface area contributed by atoms with Crippen molar-refractivity contribution in [2.75, 3.05) is 19.7 Å². The van der Waals surface area contributed by atoms with Crippen LogP contribution in [0.15, 0.2) is 133 Å². The second-order valence-electron chi connectivity index (χ2n) is 19.6. The maximum atomic E-state index is 15.6. The standard InChI is InChI=1S/C53H58F3NO6/c1-48-24-21-39(58)29-50(48)27-28-52(44(30-50)47(60)43-16-10-9-15-42(43)38-13-7-4-8-14-38)45(48)22-25-49(2)46(52)23-26-51(49,61)35-57(31-36-17-19-41(20-18-36)63-53(54,55)56)32-40(59)34-62-33-37-11-5-3-6-12-37/h3-20,27-28,30,39-40,45-46,58-59,61H,21-26,29,31-35H2,1-2H3/t39?,40-,45-,46-,48-,49+,50+,51-,52-/m1/s1. The minimum Gasteiger partial charge on any atom is -0.406 e. The number of carbonyl (C=O) groups is 1. The number of alkyl halides is 3. The minimum absolute atomic E-state index is 0.0109. The zero-order chi connectivity index (χ0) is 44.3. The Morgan fingerprint density at radius 2 is 1.46 bits per heavy atom. The molecule has 1 unspecified atom stereocenters. The average molecular weight is 862 g/mol. The first kappa shape index (κ1) is 43.7. The highest BCUT2D eigenvalue weighted by Gasteiger charge is 2.74. The Kier molecular flexibility index (Phi) is 11.4. The number of aliphatic hydroxyl groups excluding tert-OH is 2. The van der Waals surface area contributed by atoms with Gasteiger partial charge in [-0.1, -0.05) is 129 Å². The fourth-order valence-corrected chi connectivity index (χ4v) is 13.1. The molecule has 10 rings (SSSR count). The van der Waals surface area contributed by atoms with Crippen LogP contribution in [0.5, 0.6) is 5.75 Å². The summed E-state index contributed by atoms with van der Waals surface area (Å²) < 4.78 is 49.2. The Morgan fingerprint density at radius 1 is 0.810 bits per heavy atom. The Labute approximate surface area is 368 Å². The molecule has 0 aromatic heterocycles. The molecule has 0 saturated heterocycles. The van der Waals surface area contributed by atoms with E-state index in [9.17, 15) is 28.5 Å². The van der Waals surface area contributed by atoms with Crippen LogP contribution in [0, 0.1) is 33.5 Å². The Morgan fingerprint density at radius 3 is 2.19 bits per heavy atom. The summed E-state index contributed by atoms with van der Waals surface area (Å²) in [6.07, 6.45) is 5.40. The molecular weight excluding hydrogens is 804 g/mol. The Bertz CT molecular complexity index is 2350. The van der Waals surface area contributed by atoms with E-state index in [-0.39, 0.29) is 55.0 Å². The van der Waals surface area contributed by atoms with E-state index in [1.165, 1.54) is 12.1 Å². The van der Waals surface area contributed by atoms with E-state index in [1.807, 2.05) is 89.8 Å². The summed E-state index contributed by atoms with van der Waals surface area (Å²) in [5.74, 6) is -0.335. The van der Waals surface area contributed by atoms with Crippen molar-refractivity contribution in [2.24, 2.45) is 33.5 Å². The monoisotopic (exact) mass is 861 g/mol. The molecule has 10 heteroatoms. The lowest BCUT2D eigenvalue weighted by Crippen LogP contribution is -2.67. The molecule has 3 saturated carbocycles. The maximum Gasteiger partial charge on any atom is 0.573 e. The van der Waals surface area contributed by atoms with Crippen molar-refractivity contribution in [2.45, 2.75) is 96.1 Å². The van der Waals surface area contributed by atoms with Crippen molar-refractivity contribution in [1.82, 2.24) is 4.90 Å². The minimum atomic E-state index is -4.82. The lowest BCUT2D eigenvalue weighted by Gasteiger charge is -2.71. The van der Waals surface area contributed by atoms with Crippen LogP contribution in [0.3, 0.4) is 0 Å². The number of rotatable bonds is 14. The number of halogens is 3. The van der Waals surface area contributed by atoms with Gasteiger partial charge < -0.3 is 24.8 Å². The van der Waals surface area contributed by atoms with Gasteiger partial charge in [-0.3, -0.25) is 9.69 Å². The van der Waals surface area contributed by atoms with Gasteiger partial charge in [-0.2, -0.15) is 0 Å². The van der Waals surface area contributed by atoms with Crippen molar-refractivity contribution < 1.29 is 42.8 Å². The van der Waals surface area contributed by atoms with Crippen molar-refractivity contribution in [3.63, 3.8) is 0 Å². The van der Waals surface area contributed by atoms with E-state index < -0.39 is 40.4 Å². The predicted molar refractivity (Wildman–Crippen MR) is 235 cm³/mol. The average Bonchev–Trinajstić information content (AvgIpc) is 3.53. The first-order valence-corrected chi connectivity index (χ1v) is 22.5. The van der Waals surface area contributed by atoms with E-state index in [4.69, 9.17) is 4.74 Å². The predicted octanol–water partition coefficient (Wildman–Crippen LogP) is 10.1. The summed E-state index contributed by atoms with van der Waals surface area (Å²) in [6, 6.07) is 33.2. The molecule has 7 nitrogen and oxygen atoms in total. The van der Waals surface area contributed by atoms with Crippen LogP contribution in [-0.4, -0.2) is 69.9 Å². The highest BCUT2D eigenvalue weighted by molar-refractivity contribution is 6.14. The van der Waals surface area contributed by atoms with Crippen molar-refractivity contribution in [3.8, 4) is 16.9 Å². The third-order valence-electron chi connectivity index (χ3n) is 16.2. The summed E-state index contributed by atoms with van der Waals surface area (Å²) in [5, 5.41) is 36.0. The van der Waals surface area contributed by atoms with E-state index in [0.717, 1.165) is 41.5 Å². The van der Waals surface area contributed by atoms with Gasteiger partial charge in [-0.25, -0.2) is 0 Å². The van der Waals surface area contributed by atoms with Gasteiger partial charge in [0.15, 0.2) is 5.78 Å². The van der Waals surface area contributed by atoms with Gasteiger partial charge in [0, 0.05) is 47.0 Å². The molecule has 3 fully saturated rings. The van der Waals surface area contributed by atoms with Gasteiger partial charge in [0.2, 0.25) is 0 Å². The number of benzene rings is 4. The lowest BCUT2D eigenvalue weighted by molar-refractivity contribution is -0.274. The fraction of sp³-hybridized carbons (Fsp3) is 0.453. The maximum absolute atomic E-state index is 15.6. The quantitative estimate of drug-likeness (QED) is 0.0858. The van der Waals surface area contributed by atoms with Gasteiger partial charge in [0.05, 0.1) is 31.0 Å². The molecule has 0 amide bonds. The van der Waals surface area contributed by atoms with Crippen LogP contribution in [0.1, 0.15) is 80.3 Å². The zero-order valence-corrected chi connectivity index (χ0v) is 36.1. The molecular formula is C53H58F3NO6. The molecule has 63 heavy (non-hydrogen) atoms. The number of carbonyl (C=O) groups excluding carboxylic acids is 1. The van der Waals surface area contributed by atoms with Gasteiger partial charge in [-0.05, 0) is 96.6 Å². The number of nitrogens with zero attached hydrogens (tertiary/aromatic N) is 1. The number of ketones is 1. The van der Waals surface area contributed by atoms with E-state index in [0.29, 0.717) is 43.4 Å². The first-order valence-electron chi connectivity index (χ1n) is 22.5. The molecule has 2 bridgehead atoms. The summed E-state index contributed by atoms with van der Waals surface area (Å²) in [4.78, 5) is 17.6. The number of allylic oxidation sites excluding steroid dienone is 4. The molecule has 4 aromatic carbocycles. The second-order valence-corrected chi connectivity index (χ2v) is 19.6. The van der Waals surface area contributed by atoms with Crippen molar-refractivity contribution in [1.29, 1.82) is 0 Å². The molecule has 4 aromatic rings. The van der Waals surface area contributed by atoms with Crippen LogP contribution in [-0.2, 0) is 17.9 Å². The Balaban J connectivity index is 1.06. The summed E-state index contributed by atoms with van der Waals surface area (Å²) in [5.41, 5.74) is 1.64. The molecule has 0 radical (unpaired) electrons. The van der Waals surface area contributed by atoms with Crippen LogP contribution in [0.2, 0.25) is 0 Å². The van der Waals surface area contributed by atoms with Crippen LogP contribution < -0.4 is 4.74 Å². The number of Topliss-reactive ketones (excluding diaryl/α,β-unsaturated/α-hetero) is 1. The summed E-state index contributed by atoms with van der Waals surface area (Å²) in [6.45, 7) is 5.52. The van der Waals surface area contributed by atoms with Gasteiger partial charge in [0.1, 0.15) is 5.75 Å². The fourth-order valence-electron chi connectivity index (χ4n) is 13.1. The van der Waals surface area contributed by atoms with Crippen LogP contribution in [0.4, 0.5) is 13.2 Å². The summed E-state index contributed by atoms with van der Waals surface area (Å²) >= 11 is 0. The van der Waals surface area contributed by atoms with Gasteiger partial charge >= 0.3 is 6.36 Å². The summed E-state index contributed by atoms with van der Waals surface area (Å²) in [7, 11) is 0. The molecule has 6 aliphatic carbocycles. The lowest BCUT2D eigenvalue weighted by atomic mass is 9.32. The number of hydrogen-bond donors (Lipinski definition) is 3. The molecule has 2 spiro atoms. The van der Waals surface area contributed by atoms with Gasteiger partial charge in [0.25, 0.3) is 0 Å².